The number of nitrogen functional groups attached to an aromatic ring is 2. The minimum atomic E-state index is -4.64. The van der Waals surface area contributed by atoms with Crippen LogP contribution in [0, 0.1) is 28.9 Å². The Kier molecular flexibility index (Phi) is 10.9. The van der Waals surface area contributed by atoms with Gasteiger partial charge in [0.2, 0.25) is 17.8 Å². The van der Waals surface area contributed by atoms with Gasteiger partial charge in [-0.05, 0) is 19.0 Å². The molecule has 0 fully saturated rings. The topological polar surface area (TPSA) is 233 Å². The molecule has 0 spiro atoms. The first kappa shape index (κ1) is 28.0. The molecule has 0 amide bonds. The van der Waals surface area contributed by atoms with Gasteiger partial charge >= 0.3 is 17.4 Å². The van der Waals surface area contributed by atoms with Crippen molar-refractivity contribution in [2.45, 2.75) is 27.5 Å². The molecule has 30 heavy (non-hydrogen) atoms. The van der Waals surface area contributed by atoms with Crippen molar-refractivity contribution >= 4 is 29.3 Å². The van der Waals surface area contributed by atoms with Gasteiger partial charge in [0.15, 0.2) is 5.82 Å². The molecule has 2 rings (SSSR count). The highest BCUT2D eigenvalue weighted by Gasteiger charge is 2.24. The number of H-pyrrole nitrogens is 2. The molecule has 0 aliphatic rings. The first-order valence-electron chi connectivity index (χ1n) is 6.97. The number of hydrogen-bond acceptors (Lipinski definition) is 11. The van der Waals surface area contributed by atoms with Gasteiger partial charge in [0, 0.05) is 0 Å². The number of aromatic amines is 2. The second-order valence-electron chi connectivity index (χ2n) is 4.78. The zero-order valence-corrected chi connectivity index (χ0v) is 14.6. The number of nitroso groups, excluding NO2 is 1. The van der Waals surface area contributed by atoms with E-state index in [1.165, 1.54) is 6.92 Å². The molecule has 2 aromatic rings. The quantitative estimate of drug-likeness (QED) is 0.225. The monoisotopic (exact) mass is 438 g/mol. The lowest BCUT2D eigenvalue weighted by Gasteiger charge is -1.95. The van der Waals surface area contributed by atoms with E-state index in [-0.39, 0.29) is 30.6 Å². The van der Waals surface area contributed by atoms with Gasteiger partial charge < -0.3 is 21.4 Å². The number of hydrogen-bond donors (Lipinski definition) is 4. The molecule has 166 valence electrons. The average Bonchev–Trinajstić information content (AvgIpc) is 2.53. The molecule has 0 bridgehead atoms. The van der Waals surface area contributed by atoms with Crippen molar-refractivity contribution in [2.24, 2.45) is 5.18 Å². The number of alkyl halides is 3. The third-order valence-electron chi connectivity index (χ3n) is 2.49. The third-order valence-corrected chi connectivity index (χ3v) is 2.49. The number of anilines is 2. The summed E-state index contributed by atoms with van der Waals surface area (Å²) in [7, 11) is 0. The maximum absolute atomic E-state index is 10.9. The Morgan fingerprint density at radius 2 is 1.47 bits per heavy atom. The molecular weight excluding hydrogens is 421 g/mol. The average molecular weight is 438 g/mol. The van der Waals surface area contributed by atoms with Crippen LogP contribution in [-0.2, 0) is 4.79 Å². The van der Waals surface area contributed by atoms with Gasteiger partial charge in [0.25, 0.3) is 5.56 Å². The lowest BCUT2D eigenvalue weighted by Crippen LogP contribution is -2.16. The van der Waals surface area contributed by atoms with Crippen molar-refractivity contribution in [1.82, 2.24) is 19.9 Å². The molecule has 2 heterocycles. The number of nitrogens with one attached hydrogen (secondary N) is 2. The van der Waals surface area contributed by atoms with Crippen molar-refractivity contribution in [1.29, 1.82) is 0 Å². The Balaban J connectivity index is 0. The highest BCUT2D eigenvalue weighted by molar-refractivity contribution is 5.56. The number of aldehydes is 1. The standard InChI is InChI=1S/C5H6N4O3.C5H6N4O2.C2HF3O.CH4/c1-2-7-4(6)3(9(11)12)5(10)8-2;1-2-7-4(6)3(9-11)5(10)8-2;3-2(4,5)1-6;/h1H3,(H3,6,7,8,10);1H3,(H3,6,7,8,10);1H;1H4. The van der Waals surface area contributed by atoms with Crippen LogP contribution in [0.4, 0.5) is 36.2 Å². The molecule has 0 aromatic carbocycles. The van der Waals surface area contributed by atoms with E-state index in [2.05, 4.69) is 25.1 Å². The van der Waals surface area contributed by atoms with Gasteiger partial charge in [0.1, 0.15) is 11.6 Å². The smallest absolute Gasteiger partial charge is 0.382 e. The minimum absolute atomic E-state index is 0. The second-order valence-corrected chi connectivity index (χ2v) is 4.78. The molecule has 0 unspecified atom stereocenters. The van der Waals surface area contributed by atoms with E-state index in [0.717, 1.165) is 0 Å². The van der Waals surface area contributed by atoms with Crippen molar-refractivity contribution in [3.63, 3.8) is 0 Å². The van der Waals surface area contributed by atoms with Gasteiger partial charge in [-0.2, -0.15) is 13.2 Å². The Hall–Kier alpha value is -4.18. The zero-order chi connectivity index (χ0) is 22.9. The number of nitrogens with two attached hydrogens (primary N) is 2. The largest absolute Gasteiger partial charge is 0.446 e. The van der Waals surface area contributed by atoms with Gasteiger partial charge in [-0.3, -0.25) is 24.5 Å². The molecule has 0 atom stereocenters. The number of rotatable bonds is 2. The van der Waals surface area contributed by atoms with Crippen molar-refractivity contribution in [2.75, 3.05) is 11.5 Å². The van der Waals surface area contributed by atoms with Crippen LogP contribution in [0.2, 0.25) is 0 Å². The van der Waals surface area contributed by atoms with Gasteiger partial charge in [-0.1, -0.05) is 7.43 Å². The fourth-order valence-electron chi connectivity index (χ4n) is 1.47. The molecule has 0 aliphatic carbocycles. The maximum Gasteiger partial charge on any atom is 0.446 e. The van der Waals surface area contributed by atoms with Crippen LogP contribution in [-0.4, -0.2) is 37.3 Å². The second kappa shape index (κ2) is 11.6. The Morgan fingerprint density at radius 3 is 1.77 bits per heavy atom. The van der Waals surface area contributed by atoms with Crippen LogP contribution in [0.1, 0.15) is 19.1 Å². The van der Waals surface area contributed by atoms with Crippen molar-refractivity contribution in [3.05, 3.63) is 47.4 Å². The molecule has 0 saturated carbocycles. The lowest BCUT2D eigenvalue weighted by atomic mass is 10.4. The first-order valence-corrected chi connectivity index (χ1v) is 6.97. The molecular formula is C13H17F3N8O6. The molecule has 0 aliphatic heterocycles. The van der Waals surface area contributed by atoms with Gasteiger partial charge in [-0.15, -0.1) is 4.91 Å². The number of aromatic nitrogens is 4. The minimum Gasteiger partial charge on any atom is -0.382 e. The van der Waals surface area contributed by atoms with E-state index in [1.807, 2.05) is 0 Å². The SMILES string of the molecule is C.Cc1nc(N)c(N=O)c(=O)[nH]1.Cc1nc(N)c([N+](=O)[O-])c(=O)[nH]1.O=CC(F)(F)F. The van der Waals surface area contributed by atoms with Crippen LogP contribution >= 0.6 is 0 Å². The zero-order valence-electron chi connectivity index (χ0n) is 14.6. The summed E-state index contributed by atoms with van der Waals surface area (Å²) in [4.78, 5) is 61.4. The fourth-order valence-corrected chi connectivity index (χ4v) is 1.47. The van der Waals surface area contributed by atoms with Crippen molar-refractivity contribution in [3.8, 4) is 0 Å². The molecule has 17 heteroatoms. The summed E-state index contributed by atoms with van der Waals surface area (Å²) in [6.45, 7) is 3.05. The number of carbonyl (C=O) groups excluding carboxylic acids is 1. The Bertz CT molecular complexity index is 1020. The first-order chi connectivity index (χ1) is 13.2. The number of nitro groups is 1. The van der Waals surface area contributed by atoms with Crippen molar-refractivity contribution < 1.29 is 22.9 Å². The summed E-state index contributed by atoms with van der Waals surface area (Å²) in [5.74, 6) is 0.116. The summed E-state index contributed by atoms with van der Waals surface area (Å²) >= 11 is 0. The Morgan fingerprint density at radius 1 is 1.07 bits per heavy atom. The number of halogens is 3. The fraction of sp³-hybridized carbons (Fsp3) is 0.308. The summed E-state index contributed by atoms with van der Waals surface area (Å²) < 4.78 is 31.2. The normalized spacial score (nSPS) is 9.63. The highest BCUT2D eigenvalue weighted by Crippen LogP contribution is 2.11. The van der Waals surface area contributed by atoms with Crippen LogP contribution in [0.15, 0.2) is 14.8 Å². The molecule has 2 aromatic heterocycles. The van der Waals surface area contributed by atoms with E-state index in [0.29, 0.717) is 5.82 Å². The molecule has 0 radical (unpaired) electrons. The van der Waals surface area contributed by atoms with E-state index in [4.69, 9.17) is 16.3 Å². The number of aryl methyl sites for hydroxylation is 2. The van der Waals surface area contributed by atoms with E-state index in [9.17, 15) is 37.8 Å². The molecule has 0 saturated heterocycles. The number of carbonyl (C=O) groups is 1. The van der Waals surface area contributed by atoms with E-state index >= 15 is 0 Å². The van der Waals surface area contributed by atoms with E-state index < -0.39 is 34.2 Å². The maximum atomic E-state index is 10.9. The Labute approximate surface area is 164 Å². The summed E-state index contributed by atoms with van der Waals surface area (Å²) in [5, 5.41) is 12.6. The van der Waals surface area contributed by atoms with Crippen LogP contribution in [0.5, 0.6) is 0 Å². The van der Waals surface area contributed by atoms with Crippen LogP contribution in [0.25, 0.3) is 0 Å². The van der Waals surface area contributed by atoms with Gasteiger partial charge in [-0.25, -0.2) is 9.97 Å². The predicted molar refractivity (Wildman–Crippen MR) is 99.0 cm³/mol. The highest BCUT2D eigenvalue weighted by atomic mass is 19.4. The van der Waals surface area contributed by atoms with Crippen LogP contribution < -0.4 is 22.6 Å². The number of nitrogens with zero attached hydrogens (tertiary/aromatic N) is 4. The third kappa shape index (κ3) is 9.15. The lowest BCUT2D eigenvalue weighted by molar-refractivity contribution is -0.385. The van der Waals surface area contributed by atoms with E-state index in [1.54, 1.807) is 6.92 Å². The summed E-state index contributed by atoms with van der Waals surface area (Å²) in [5.41, 5.74) is 7.85. The van der Waals surface area contributed by atoms with Crippen LogP contribution in [0.3, 0.4) is 0 Å². The molecule has 6 N–H and O–H groups in total. The molecule has 14 nitrogen and oxygen atoms in total. The summed E-state index contributed by atoms with van der Waals surface area (Å²) in [6.07, 6.45) is -5.70. The summed E-state index contributed by atoms with van der Waals surface area (Å²) in [6, 6.07) is 0. The van der Waals surface area contributed by atoms with Gasteiger partial charge in [0.05, 0.1) is 4.92 Å². The predicted octanol–water partition coefficient (Wildman–Crippen LogP) is 1.01.